The van der Waals surface area contributed by atoms with Gasteiger partial charge in [0.25, 0.3) is 0 Å². The van der Waals surface area contributed by atoms with Gasteiger partial charge in [0.1, 0.15) is 12.7 Å². The van der Waals surface area contributed by atoms with Gasteiger partial charge in [-0.15, -0.1) is 0 Å². The Bertz CT molecular complexity index is 890. The number of benzene rings is 1. The monoisotopic (exact) mass is 493 g/mol. The molecule has 6 nitrogen and oxygen atoms in total. The lowest BCUT2D eigenvalue weighted by Crippen LogP contribution is -2.45. The van der Waals surface area contributed by atoms with E-state index in [0.29, 0.717) is 35.5 Å². The molecule has 1 saturated heterocycles. The van der Waals surface area contributed by atoms with Crippen molar-refractivity contribution in [2.24, 2.45) is 5.92 Å². The maximum atomic E-state index is 12.2. The molecule has 4 rings (SSSR count). The standard InChI is InChI=1S/C22H25BrClN3O3/c23-17-8-16(10-25-12-17)9-21(28)26-11-15-4-6-27(7-5-15)13-18-14-29-20-3-1-2-19(24)22(20)30-18/h1-3,8,10,12,15,18H,4-7,9,11,13-14H2,(H,26,28)/t18-/m0/s1. The first-order chi connectivity index (χ1) is 14.6. The van der Waals surface area contributed by atoms with Crippen molar-refractivity contribution in [1.82, 2.24) is 15.2 Å². The third kappa shape index (κ3) is 5.65. The van der Waals surface area contributed by atoms with Crippen LogP contribution in [0, 0.1) is 5.92 Å². The molecule has 1 fully saturated rings. The van der Waals surface area contributed by atoms with Crippen molar-refractivity contribution in [3.8, 4) is 11.5 Å². The number of hydrogen-bond donors (Lipinski definition) is 1. The van der Waals surface area contributed by atoms with Gasteiger partial charge >= 0.3 is 0 Å². The van der Waals surface area contributed by atoms with Gasteiger partial charge in [-0.3, -0.25) is 14.7 Å². The Morgan fingerprint density at radius 2 is 2.13 bits per heavy atom. The van der Waals surface area contributed by atoms with Crippen molar-refractivity contribution in [1.29, 1.82) is 0 Å². The molecule has 1 amide bonds. The number of carbonyl (C=O) groups excluding carboxylic acids is 1. The van der Waals surface area contributed by atoms with Crippen molar-refractivity contribution in [3.63, 3.8) is 0 Å². The van der Waals surface area contributed by atoms with Crippen molar-refractivity contribution in [2.75, 3.05) is 32.8 Å². The summed E-state index contributed by atoms with van der Waals surface area (Å²) < 4.78 is 12.8. The molecule has 0 saturated carbocycles. The summed E-state index contributed by atoms with van der Waals surface area (Å²) in [6, 6.07) is 7.49. The second-order valence-electron chi connectivity index (χ2n) is 7.85. The number of carbonyl (C=O) groups is 1. The van der Waals surface area contributed by atoms with E-state index >= 15 is 0 Å². The van der Waals surface area contributed by atoms with Gasteiger partial charge in [-0.2, -0.15) is 0 Å². The van der Waals surface area contributed by atoms with Crippen LogP contribution in [-0.2, 0) is 11.2 Å². The number of aromatic nitrogens is 1. The van der Waals surface area contributed by atoms with Crippen LogP contribution in [-0.4, -0.2) is 54.7 Å². The lowest BCUT2D eigenvalue weighted by molar-refractivity contribution is -0.120. The molecular formula is C22H25BrClN3O3. The molecule has 2 aliphatic rings. The SMILES string of the molecule is O=C(Cc1cncc(Br)c1)NCC1CCN(C[C@H]2COc3cccc(Cl)c3O2)CC1. The van der Waals surface area contributed by atoms with Gasteiger partial charge < -0.3 is 14.8 Å². The van der Waals surface area contributed by atoms with Gasteiger partial charge in [-0.1, -0.05) is 17.7 Å². The third-order valence-corrected chi connectivity index (χ3v) is 6.25. The van der Waals surface area contributed by atoms with E-state index in [0.717, 1.165) is 49.1 Å². The van der Waals surface area contributed by atoms with E-state index in [4.69, 9.17) is 21.1 Å². The van der Waals surface area contributed by atoms with Crippen molar-refractivity contribution in [2.45, 2.75) is 25.4 Å². The summed E-state index contributed by atoms with van der Waals surface area (Å²) in [5.74, 6) is 1.91. The predicted octanol–water partition coefficient (Wildman–Crippen LogP) is 3.71. The molecule has 30 heavy (non-hydrogen) atoms. The van der Waals surface area contributed by atoms with Crippen LogP contribution < -0.4 is 14.8 Å². The number of nitrogens with one attached hydrogen (secondary N) is 1. The van der Waals surface area contributed by atoms with Gasteiger partial charge in [0.2, 0.25) is 5.91 Å². The maximum Gasteiger partial charge on any atom is 0.224 e. The van der Waals surface area contributed by atoms with Gasteiger partial charge in [0, 0.05) is 30.0 Å². The highest BCUT2D eigenvalue weighted by atomic mass is 79.9. The number of pyridine rings is 1. The number of fused-ring (bicyclic) bond motifs is 1. The topological polar surface area (TPSA) is 63.7 Å². The average Bonchev–Trinajstić information content (AvgIpc) is 2.74. The molecule has 2 aliphatic heterocycles. The molecule has 0 bridgehead atoms. The number of para-hydroxylation sites is 1. The Labute approximate surface area is 190 Å². The van der Waals surface area contributed by atoms with E-state index in [1.807, 2.05) is 24.3 Å². The first kappa shape index (κ1) is 21.4. The normalized spacial score (nSPS) is 19.5. The van der Waals surface area contributed by atoms with E-state index in [-0.39, 0.29) is 12.0 Å². The van der Waals surface area contributed by atoms with E-state index < -0.39 is 0 Å². The molecule has 0 spiro atoms. The minimum absolute atomic E-state index is 0.0209. The van der Waals surface area contributed by atoms with Crippen LogP contribution in [0.1, 0.15) is 18.4 Å². The van der Waals surface area contributed by atoms with Crippen molar-refractivity contribution in [3.05, 3.63) is 51.7 Å². The molecule has 8 heteroatoms. The summed E-state index contributed by atoms with van der Waals surface area (Å²) in [5, 5.41) is 3.66. The summed E-state index contributed by atoms with van der Waals surface area (Å²) in [7, 11) is 0. The third-order valence-electron chi connectivity index (χ3n) is 5.52. The van der Waals surface area contributed by atoms with E-state index in [9.17, 15) is 4.79 Å². The minimum Gasteiger partial charge on any atom is -0.486 e. The number of hydrogen-bond acceptors (Lipinski definition) is 5. The highest BCUT2D eigenvalue weighted by Gasteiger charge is 2.27. The molecule has 1 aromatic carbocycles. The second-order valence-corrected chi connectivity index (χ2v) is 9.18. The van der Waals surface area contributed by atoms with E-state index in [2.05, 4.69) is 31.1 Å². The molecule has 0 radical (unpaired) electrons. The molecule has 3 heterocycles. The van der Waals surface area contributed by atoms with Crippen LogP contribution in [0.4, 0.5) is 0 Å². The van der Waals surface area contributed by atoms with Crippen LogP contribution in [0.2, 0.25) is 5.02 Å². The quantitative estimate of drug-likeness (QED) is 0.663. The minimum atomic E-state index is -0.0209. The lowest BCUT2D eigenvalue weighted by Gasteiger charge is -2.35. The summed E-state index contributed by atoms with van der Waals surface area (Å²) in [5.41, 5.74) is 0.910. The molecule has 1 aromatic heterocycles. The zero-order valence-electron chi connectivity index (χ0n) is 16.7. The summed E-state index contributed by atoms with van der Waals surface area (Å²) in [4.78, 5) is 18.7. The van der Waals surface area contributed by atoms with Gasteiger partial charge in [0.15, 0.2) is 11.5 Å². The first-order valence-corrected chi connectivity index (χ1v) is 11.4. The lowest BCUT2D eigenvalue weighted by atomic mass is 9.96. The number of rotatable bonds is 6. The van der Waals surface area contributed by atoms with Crippen LogP contribution in [0.15, 0.2) is 41.1 Å². The molecule has 1 N–H and O–H groups in total. The number of halogens is 2. The predicted molar refractivity (Wildman–Crippen MR) is 119 cm³/mol. The number of nitrogens with zero attached hydrogens (tertiary/aromatic N) is 2. The summed E-state index contributed by atoms with van der Waals surface area (Å²) in [6.45, 7) is 4.06. The Hall–Kier alpha value is -1.83. The number of ether oxygens (including phenoxy) is 2. The Balaban J connectivity index is 1.17. The number of amides is 1. The Morgan fingerprint density at radius 1 is 1.30 bits per heavy atom. The highest BCUT2D eigenvalue weighted by molar-refractivity contribution is 9.10. The zero-order valence-corrected chi connectivity index (χ0v) is 19.0. The van der Waals surface area contributed by atoms with E-state index in [1.165, 1.54) is 0 Å². The molecule has 160 valence electrons. The Kier molecular flexibility index (Phi) is 7.12. The van der Waals surface area contributed by atoms with Crippen LogP contribution in [0.5, 0.6) is 11.5 Å². The summed E-state index contributed by atoms with van der Waals surface area (Å²) in [6.07, 6.45) is 5.90. The fraction of sp³-hybridized carbons (Fsp3) is 0.455. The molecule has 2 aromatic rings. The van der Waals surface area contributed by atoms with E-state index in [1.54, 1.807) is 12.4 Å². The second kappa shape index (κ2) is 9.98. The fourth-order valence-electron chi connectivity index (χ4n) is 3.91. The number of piperidine rings is 1. The van der Waals surface area contributed by atoms with Gasteiger partial charge in [-0.25, -0.2) is 0 Å². The highest BCUT2D eigenvalue weighted by Crippen LogP contribution is 2.38. The number of likely N-dealkylation sites (tertiary alicyclic amines) is 1. The van der Waals surface area contributed by atoms with Crippen LogP contribution in [0.3, 0.4) is 0 Å². The molecule has 1 atom stereocenters. The molecular weight excluding hydrogens is 470 g/mol. The molecule has 0 aliphatic carbocycles. The van der Waals surface area contributed by atoms with Crippen LogP contribution >= 0.6 is 27.5 Å². The maximum absolute atomic E-state index is 12.2. The molecule has 0 unspecified atom stereocenters. The first-order valence-electron chi connectivity index (χ1n) is 10.2. The largest absolute Gasteiger partial charge is 0.486 e. The van der Waals surface area contributed by atoms with Crippen molar-refractivity contribution >= 4 is 33.4 Å². The smallest absolute Gasteiger partial charge is 0.224 e. The Morgan fingerprint density at radius 3 is 2.93 bits per heavy atom. The van der Waals surface area contributed by atoms with Gasteiger partial charge in [-0.05, 0) is 71.5 Å². The zero-order chi connectivity index (χ0) is 20.9. The fourth-order valence-corrected chi connectivity index (χ4v) is 4.53. The van der Waals surface area contributed by atoms with Crippen molar-refractivity contribution < 1.29 is 14.3 Å². The van der Waals surface area contributed by atoms with Gasteiger partial charge in [0.05, 0.1) is 11.4 Å². The van der Waals surface area contributed by atoms with Crippen LogP contribution in [0.25, 0.3) is 0 Å². The average molecular weight is 495 g/mol. The summed E-state index contributed by atoms with van der Waals surface area (Å²) >= 11 is 9.61.